The van der Waals surface area contributed by atoms with Crippen LogP contribution in [-0.2, 0) is 11.8 Å². The number of aliphatic hydroxyl groups is 1. The van der Waals surface area contributed by atoms with E-state index in [2.05, 4.69) is 11.5 Å². The standard InChI is InChI=1S/C15H16F6OSi/c1-23(2,3)10-4-9-13(22,15(19,20)21)11-5-7-12(8-6-11)14(16,17)18/h5-8,22H,9H2,1-3H3/t13-/m1/s1. The van der Waals surface area contributed by atoms with Crippen LogP contribution in [0.2, 0.25) is 19.6 Å². The van der Waals surface area contributed by atoms with Crippen LogP contribution in [0.15, 0.2) is 24.3 Å². The van der Waals surface area contributed by atoms with Crippen LogP contribution in [0.4, 0.5) is 26.3 Å². The van der Waals surface area contributed by atoms with Crippen molar-refractivity contribution in [1.29, 1.82) is 0 Å². The zero-order valence-electron chi connectivity index (χ0n) is 12.7. The van der Waals surface area contributed by atoms with Crippen molar-refractivity contribution in [3.8, 4) is 11.5 Å². The van der Waals surface area contributed by atoms with Crippen LogP contribution in [0.25, 0.3) is 0 Å². The Morgan fingerprint density at radius 2 is 1.35 bits per heavy atom. The lowest BCUT2D eigenvalue weighted by Gasteiger charge is -2.29. The maximum atomic E-state index is 13.2. The summed E-state index contributed by atoms with van der Waals surface area (Å²) in [6.45, 7) is 5.47. The summed E-state index contributed by atoms with van der Waals surface area (Å²) < 4.78 is 77.1. The minimum Gasteiger partial charge on any atom is -0.376 e. The second-order valence-corrected chi connectivity index (χ2v) is 10.9. The highest BCUT2D eigenvalue weighted by Gasteiger charge is 2.54. The van der Waals surface area contributed by atoms with Crippen molar-refractivity contribution >= 4 is 8.07 Å². The van der Waals surface area contributed by atoms with Gasteiger partial charge in [-0.1, -0.05) is 31.8 Å². The second kappa shape index (κ2) is 6.21. The molecule has 0 spiro atoms. The van der Waals surface area contributed by atoms with E-state index in [4.69, 9.17) is 0 Å². The lowest BCUT2D eigenvalue weighted by atomic mass is 9.89. The molecule has 1 aromatic carbocycles. The maximum absolute atomic E-state index is 13.2. The van der Waals surface area contributed by atoms with E-state index in [9.17, 15) is 31.4 Å². The number of rotatable bonds is 2. The van der Waals surface area contributed by atoms with Gasteiger partial charge in [0.25, 0.3) is 0 Å². The normalized spacial score (nSPS) is 15.6. The monoisotopic (exact) mass is 354 g/mol. The van der Waals surface area contributed by atoms with Gasteiger partial charge in [-0.2, -0.15) is 26.3 Å². The van der Waals surface area contributed by atoms with Crippen molar-refractivity contribution < 1.29 is 31.4 Å². The Kier molecular flexibility index (Phi) is 5.28. The van der Waals surface area contributed by atoms with Crippen molar-refractivity contribution in [1.82, 2.24) is 0 Å². The smallest absolute Gasteiger partial charge is 0.376 e. The molecule has 1 nitrogen and oxygen atoms in total. The number of alkyl halides is 6. The molecule has 1 N–H and O–H groups in total. The number of hydrogen-bond acceptors (Lipinski definition) is 1. The van der Waals surface area contributed by atoms with Gasteiger partial charge in [-0.25, -0.2) is 0 Å². The zero-order valence-corrected chi connectivity index (χ0v) is 13.7. The fourth-order valence-corrected chi connectivity index (χ4v) is 2.36. The van der Waals surface area contributed by atoms with E-state index < -0.39 is 43.6 Å². The van der Waals surface area contributed by atoms with Crippen LogP contribution in [-0.4, -0.2) is 19.4 Å². The predicted molar refractivity (Wildman–Crippen MR) is 77.1 cm³/mol. The molecule has 0 saturated heterocycles. The average Bonchev–Trinajstić information content (AvgIpc) is 2.34. The fraction of sp³-hybridized carbons (Fsp3) is 0.467. The molecule has 0 radical (unpaired) electrons. The Labute approximate surface area is 131 Å². The highest BCUT2D eigenvalue weighted by atomic mass is 28.3. The number of hydrogen-bond donors (Lipinski definition) is 1. The maximum Gasteiger partial charge on any atom is 0.422 e. The van der Waals surface area contributed by atoms with Crippen LogP contribution in [0.1, 0.15) is 17.5 Å². The summed E-state index contributed by atoms with van der Waals surface area (Å²) in [7, 11) is -1.94. The zero-order chi connectivity index (χ0) is 18.1. The van der Waals surface area contributed by atoms with Gasteiger partial charge in [0.1, 0.15) is 8.07 Å². The van der Waals surface area contributed by atoms with Crippen molar-refractivity contribution in [2.75, 3.05) is 0 Å². The molecule has 0 unspecified atom stereocenters. The third-order valence-electron chi connectivity index (χ3n) is 2.97. The van der Waals surface area contributed by atoms with Crippen LogP contribution >= 0.6 is 0 Å². The first-order chi connectivity index (χ1) is 10.2. The molecule has 23 heavy (non-hydrogen) atoms. The molecule has 1 rings (SSSR count). The van der Waals surface area contributed by atoms with Crippen LogP contribution in [0.5, 0.6) is 0 Å². The van der Waals surface area contributed by atoms with Gasteiger partial charge in [0.15, 0.2) is 5.60 Å². The Morgan fingerprint density at radius 1 is 0.913 bits per heavy atom. The molecule has 0 aliphatic heterocycles. The summed E-state index contributed by atoms with van der Waals surface area (Å²) in [5, 5.41) is 10.0. The molecule has 0 amide bonds. The molecule has 0 bridgehead atoms. The van der Waals surface area contributed by atoms with Gasteiger partial charge in [-0.15, -0.1) is 11.5 Å². The molecule has 0 aliphatic carbocycles. The van der Waals surface area contributed by atoms with E-state index in [1.807, 2.05) is 19.6 Å². The molecular weight excluding hydrogens is 338 g/mol. The van der Waals surface area contributed by atoms with Crippen LogP contribution < -0.4 is 0 Å². The second-order valence-electron chi connectivity index (χ2n) is 6.16. The van der Waals surface area contributed by atoms with E-state index in [-0.39, 0.29) is 0 Å². The predicted octanol–water partition coefficient (Wildman–Crippen LogP) is 4.73. The lowest BCUT2D eigenvalue weighted by Crippen LogP contribution is -2.42. The first kappa shape index (κ1) is 19.6. The summed E-state index contributed by atoms with van der Waals surface area (Å²) in [4.78, 5) is 0. The highest BCUT2D eigenvalue weighted by Crippen LogP contribution is 2.42. The Hall–Kier alpha value is -1.46. The third-order valence-corrected chi connectivity index (χ3v) is 3.89. The Morgan fingerprint density at radius 3 is 1.70 bits per heavy atom. The lowest BCUT2D eigenvalue weighted by molar-refractivity contribution is -0.264. The van der Waals surface area contributed by atoms with Gasteiger partial charge >= 0.3 is 12.4 Å². The molecule has 0 saturated carbocycles. The van der Waals surface area contributed by atoms with E-state index in [0.717, 1.165) is 0 Å². The van der Waals surface area contributed by atoms with Crippen molar-refractivity contribution in [3.05, 3.63) is 35.4 Å². The first-order valence-electron chi connectivity index (χ1n) is 6.64. The van der Waals surface area contributed by atoms with E-state index in [1.54, 1.807) is 0 Å². The molecule has 8 heteroatoms. The third kappa shape index (κ3) is 5.01. The Bertz CT molecular complexity index is 601. The summed E-state index contributed by atoms with van der Waals surface area (Å²) in [6, 6.07) is 2.29. The fourth-order valence-electron chi connectivity index (χ4n) is 1.74. The van der Waals surface area contributed by atoms with Crippen molar-refractivity contribution in [2.45, 2.75) is 44.0 Å². The van der Waals surface area contributed by atoms with E-state index >= 15 is 0 Å². The molecule has 0 aromatic heterocycles. The van der Waals surface area contributed by atoms with E-state index in [1.165, 1.54) is 0 Å². The minimum absolute atomic E-state index is 0.512. The van der Waals surface area contributed by atoms with Gasteiger partial charge in [0, 0.05) is 0 Å². The highest BCUT2D eigenvalue weighted by molar-refractivity contribution is 6.83. The molecule has 0 aliphatic rings. The topological polar surface area (TPSA) is 20.2 Å². The van der Waals surface area contributed by atoms with Gasteiger partial charge < -0.3 is 5.11 Å². The SMILES string of the molecule is C[Si](C)(C)C#CC[C@@](O)(c1ccc(C(F)(F)F)cc1)C(F)(F)F. The van der Waals surface area contributed by atoms with Gasteiger partial charge in [-0.05, 0) is 17.7 Å². The molecular formula is C15H16F6OSi. The molecule has 128 valence electrons. The first-order valence-corrected chi connectivity index (χ1v) is 10.1. The van der Waals surface area contributed by atoms with Crippen molar-refractivity contribution in [3.63, 3.8) is 0 Å². The van der Waals surface area contributed by atoms with Gasteiger partial charge in [0.05, 0.1) is 12.0 Å². The largest absolute Gasteiger partial charge is 0.422 e. The molecule has 0 heterocycles. The molecule has 1 aromatic rings. The van der Waals surface area contributed by atoms with Crippen LogP contribution in [0.3, 0.4) is 0 Å². The number of halogens is 6. The summed E-state index contributed by atoms with van der Waals surface area (Å²) >= 11 is 0. The Balaban J connectivity index is 3.24. The van der Waals surface area contributed by atoms with Crippen molar-refractivity contribution in [2.24, 2.45) is 0 Å². The minimum atomic E-state index is -5.05. The quantitative estimate of drug-likeness (QED) is 0.463. The summed E-state index contributed by atoms with van der Waals surface area (Å²) in [6.07, 6.45) is -10.6. The summed E-state index contributed by atoms with van der Waals surface area (Å²) in [5.74, 6) is 2.34. The average molecular weight is 354 g/mol. The van der Waals surface area contributed by atoms with Gasteiger partial charge in [-0.3, -0.25) is 0 Å². The molecule has 1 atom stereocenters. The summed E-state index contributed by atoms with van der Waals surface area (Å²) in [5.41, 5.74) is -2.35. The molecule has 0 fully saturated rings. The van der Waals surface area contributed by atoms with Crippen LogP contribution in [0, 0.1) is 11.5 Å². The number of benzene rings is 1. The van der Waals surface area contributed by atoms with E-state index in [0.29, 0.717) is 24.3 Å². The van der Waals surface area contributed by atoms with Gasteiger partial charge in [0.2, 0.25) is 0 Å².